The minimum Gasteiger partial charge on any atom is -0.464 e. The van der Waals surface area contributed by atoms with Crippen molar-refractivity contribution in [1.29, 1.82) is 0 Å². The molecule has 9 heteroatoms. The zero-order valence-corrected chi connectivity index (χ0v) is 11.0. The highest BCUT2D eigenvalue weighted by molar-refractivity contribution is 5.64. The number of nitrogens with two attached hydrogens (primary N) is 1. The number of carbonyl (C=O) groups excluding carboxylic acids is 1. The van der Waals surface area contributed by atoms with E-state index in [4.69, 9.17) is 10.5 Å². The zero-order chi connectivity index (χ0) is 14.1. The van der Waals surface area contributed by atoms with E-state index in [1.807, 2.05) is 13.8 Å². The number of anilines is 2. The van der Waals surface area contributed by atoms with Gasteiger partial charge in [0.25, 0.3) is 0 Å². The Labute approximate surface area is 110 Å². The van der Waals surface area contributed by atoms with E-state index in [1.165, 1.54) is 0 Å². The Balaban J connectivity index is 2.61. The van der Waals surface area contributed by atoms with E-state index in [2.05, 4.69) is 30.3 Å². The predicted octanol–water partition coefficient (Wildman–Crippen LogP) is 0.209. The molecule has 4 N–H and O–H groups in total. The molecule has 0 aliphatic rings. The van der Waals surface area contributed by atoms with Gasteiger partial charge in [0.2, 0.25) is 11.9 Å². The summed E-state index contributed by atoms with van der Waals surface area (Å²) in [4.78, 5) is 22.6. The Morgan fingerprint density at radius 3 is 2.47 bits per heavy atom. The number of carbonyl (C=O) groups is 1. The van der Waals surface area contributed by atoms with Gasteiger partial charge < -0.3 is 25.8 Å². The summed E-state index contributed by atoms with van der Waals surface area (Å²) >= 11 is 0. The van der Waals surface area contributed by atoms with Crippen molar-refractivity contribution in [3.63, 3.8) is 0 Å². The molecule has 0 unspecified atom stereocenters. The molecule has 0 aromatic carbocycles. The average molecular weight is 270 g/mol. The molecule has 0 aliphatic carbocycles. The second-order valence-corrected chi connectivity index (χ2v) is 3.32. The van der Waals surface area contributed by atoms with Crippen molar-refractivity contribution in [2.45, 2.75) is 13.8 Å². The maximum absolute atomic E-state index is 10.4. The lowest BCUT2D eigenvalue weighted by Gasteiger charge is -2.09. The number of hydrogen-bond donors (Lipinski definition) is 3. The predicted molar refractivity (Wildman–Crippen MR) is 69.2 cm³/mol. The molecule has 0 saturated heterocycles. The number of nitrogens with one attached hydrogen (secondary N) is 2. The van der Waals surface area contributed by atoms with E-state index in [-0.39, 0.29) is 12.6 Å². The van der Waals surface area contributed by atoms with E-state index < -0.39 is 6.09 Å². The molecule has 0 bridgehead atoms. The van der Waals surface area contributed by atoms with Crippen LogP contribution in [0.2, 0.25) is 0 Å². The summed E-state index contributed by atoms with van der Waals surface area (Å²) in [6.45, 7) is 5.37. The third kappa shape index (κ3) is 5.70. The van der Waals surface area contributed by atoms with E-state index in [9.17, 15) is 4.79 Å². The van der Waals surface area contributed by atoms with Crippen molar-refractivity contribution in [2.75, 3.05) is 36.9 Å². The lowest BCUT2D eigenvalue weighted by molar-refractivity contribution is 0.161. The quantitative estimate of drug-likeness (QED) is 0.572. The molecule has 0 spiro atoms. The molecule has 0 aliphatic heterocycles. The van der Waals surface area contributed by atoms with Crippen LogP contribution in [0.1, 0.15) is 13.8 Å². The van der Waals surface area contributed by atoms with Crippen molar-refractivity contribution in [1.82, 2.24) is 15.0 Å². The molecular formula is C10H18N6O3. The van der Waals surface area contributed by atoms with Crippen LogP contribution in [0.3, 0.4) is 0 Å². The van der Waals surface area contributed by atoms with Gasteiger partial charge in [-0.15, -0.1) is 0 Å². The van der Waals surface area contributed by atoms with Crippen molar-refractivity contribution < 1.29 is 14.3 Å². The molecule has 1 aromatic heterocycles. The Bertz CT molecular complexity index is 390. The lowest BCUT2D eigenvalue weighted by Crippen LogP contribution is -2.19. The van der Waals surface area contributed by atoms with E-state index in [1.54, 1.807) is 0 Å². The summed E-state index contributed by atoms with van der Waals surface area (Å²) in [7, 11) is 0. The summed E-state index contributed by atoms with van der Waals surface area (Å²) in [5, 5.41) is 5.85. The minimum absolute atomic E-state index is 0.127. The fourth-order valence-corrected chi connectivity index (χ4v) is 1.18. The van der Waals surface area contributed by atoms with E-state index in [0.717, 1.165) is 0 Å². The van der Waals surface area contributed by atoms with E-state index >= 15 is 0 Å². The van der Waals surface area contributed by atoms with E-state index in [0.29, 0.717) is 31.6 Å². The molecule has 1 heterocycles. The number of primary amides is 1. The normalized spacial score (nSPS) is 9.79. The highest BCUT2D eigenvalue weighted by atomic mass is 16.5. The minimum atomic E-state index is -0.819. The third-order valence-corrected chi connectivity index (χ3v) is 1.85. The lowest BCUT2D eigenvalue weighted by atomic mass is 10.6. The van der Waals surface area contributed by atoms with Crippen LogP contribution in [-0.2, 0) is 4.74 Å². The van der Waals surface area contributed by atoms with Gasteiger partial charge in [-0.1, -0.05) is 0 Å². The molecule has 19 heavy (non-hydrogen) atoms. The number of hydrogen-bond acceptors (Lipinski definition) is 8. The van der Waals surface area contributed by atoms with Gasteiger partial charge in [-0.2, -0.15) is 15.0 Å². The summed E-state index contributed by atoms with van der Waals surface area (Å²) < 4.78 is 9.81. The molecule has 1 amide bonds. The second-order valence-electron chi connectivity index (χ2n) is 3.32. The van der Waals surface area contributed by atoms with Gasteiger partial charge in [0.1, 0.15) is 6.61 Å². The Kier molecular flexibility index (Phi) is 6.13. The third-order valence-electron chi connectivity index (χ3n) is 1.85. The Morgan fingerprint density at radius 2 is 1.89 bits per heavy atom. The van der Waals surface area contributed by atoms with Gasteiger partial charge in [-0.25, -0.2) is 4.79 Å². The Hall–Kier alpha value is -2.32. The van der Waals surface area contributed by atoms with Crippen molar-refractivity contribution >= 4 is 18.0 Å². The van der Waals surface area contributed by atoms with Crippen LogP contribution < -0.4 is 21.1 Å². The highest BCUT2D eigenvalue weighted by Crippen LogP contribution is 2.10. The average Bonchev–Trinajstić information content (AvgIpc) is 2.35. The second kappa shape index (κ2) is 7.90. The van der Waals surface area contributed by atoms with Crippen LogP contribution in [0.15, 0.2) is 0 Å². The molecule has 0 fully saturated rings. The first-order valence-electron chi connectivity index (χ1n) is 5.94. The van der Waals surface area contributed by atoms with Gasteiger partial charge in [-0.3, -0.25) is 0 Å². The summed E-state index contributed by atoms with van der Waals surface area (Å²) in [5.74, 6) is 0.752. The van der Waals surface area contributed by atoms with Crippen LogP contribution in [0.25, 0.3) is 0 Å². The maximum atomic E-state index is 10.4. The van der Waals surface area contributed by atoms with Crippen molar-refractivity contribution in [2.24, 2.45) is 5.73 Å². The van der Waals surface area contributed by atoms with Crippen molar-refractivity contribution in [3.8, 4) is 6.01 Å². The first-order valence-corrected chi connectivity index (χ1v) is 5.94. The topological polar surface area (TPSA) is 124 Å². The van der Waals surface area contributed by atoms with Crippen molar-refractivity contribution in [3.05, 3.63) is 0 Å². The van der Waals surface area contributed by atoms with Crippen LogP contribution in [0, 0.1) is 0 Å². The number of amides is 1. The molecule has 0 radical (unpaired) electrons. The molecule has 1 aromatic rings. The smallest absolute Gasteiger partial charge is 0.404 e. The molecule has 106 valence electrons. The SMILES string of the molecule is CCNc1nc(NCCOC(N)=O)nc(OCC)n1. The van der Waals surface area contributed by atoms with Gasteiger partial charge in [-0.05, 0) is 13.8 Å². The number of rotatable bonds is 8. The standard InChI is InChI=1S/C10H18N6O3/c1-3-12-8-14-9(13-5-6-19-7(11)17)16-10(15-8)18-4-2/h3-6H2,1-2H3,(H2,11,17)(H2,12,13,14,15,16). The summed E-state index contributed by atoms with van der Waals surface area (Å²) in [6.07, 6.45) is -0.819. The molecule has 9 nitrogen and oxygen atoms in total. The largest absolute Gasteiger partial charge is 0.464 e. The van der Waals surface area contributed by atoms with Crippen LogP contribution in [0.5, 0.6) is 6.01 Å². The molecular weight excluding hydrogens is 252 g/mol. The number of ether oxygens (including phenoxy) is 2. The summed E-state index contributed by atoms with van der Waals surface area (Å²) in [6, 6.07) is 0.228. The van der Waals surface area contributed by atoms with Gasteiger partial charge in [0.15, 0.2) is 0 Å². The molecule has 0 saturated carbocycles. The molecule has 1 rings (SSSR count). The number of aromatic nitrogens is 3. The van der Waals surface area contributed by atoms with Crippen LogP contribution in [-0.4, -0.2) is 47.3 Å². The monoisotopic (exact) mass is 270 g/mol. The van der Waals surface area contributed by atoms with Gasteiger partial charge in [0, 0.05) is 6.54 Å². The van der Waals surface area contributed by atoms with Gasteiger partial charge >= 0.3 is 12.1 Å². The first kappa shape index (κ1) is 14.7. The fraction of sp³-hybridized carbons (Fsp3) is 0.600. The summed E-state index contributed by atoms with van der Waals surface area (Å²) in [5.41, 5.74) is 4.84. The van der Waals surface area contributed by atoms with Gasteiger partial charge in [0.05, 0.1) is 13.2 Å². The van der Waals surface area contributed by atoms with Crippen LogP contribution >= 0.6 is 0 Å². The maximum Gasteiger partial charge on any atom is 0.404 e. The van der Waals surface area contributed by atoms with Crippen LogP contribution in [0.4, 0.5) is 16.7 Å². The Morgan fingerprint density at radius 1 is 1.21 bits per heavy atom. The zero-order valence-electron chi connectivity index (χ0n) is 11.0. The fourth-order valence-electron chi connectivity index (χ4n) is 1.18. The first-order chi connectivity index (χ1) is 9.15. The molecule has 0 atom stereocenters. The number of nitrogens with zero attached hydrogens (tertiary/aromatic N) is 3. The highest BCUT2D eigenvalue weighted by Gasteiger charge is 2.06.